The molecule has 0 bridgehead atoms. The molecule has 1 aliphatic carbocycles. The van der Waals surface area contributed by atoms with E-state index in [4.69, 9.17) is 5.11 Å². The Morgan fingerprint density at radius 3 is 2.50 bits per heavy atom. The van der Waals surface area contributed by atoms with Crippen LogP contribution in [0.15, 0.2) is 0 Å². The second-order valence-corrected chi connectivity index (χ2v) is 5.98. The van der Waals surface area contributed by atoms with E-state index in [1.807, 2.05) is 11.8 Å². The van der Waals surface area contributed by atoms with E-state index in [0.29, 0.717) is 6.61 Å². The van der Waals surface area contributed by atoms with E-state index in [2.05, 4.69) is 5.32 Å². The molecule has 0 heterocycles. The summed E-state index contributed by atoms with van der Waals surface area (Å²) in [6.07, 6.45) is 9.60. The number of hydrogen-bond donors (Lipinski definition) is 2. The van der Waals surface area contributed by atoms with Crippen LogP contribution in [0.4, 0.5) is 0 Å². The molecule has 0 unspecified atom stereocenters. The lowest BCUT2D eigenvalue weighted by molar-refractivity contribution is 0.296. The second-order valence-electron chi connectivity index (χ2n) is 4.75. The smallest absolute Gasteiger partial charge is 0.0438 e. The van der Waals surface area contributed by atoms with Gasteiger partial charge in [0.05, 0.1) is 0 Å². The quantitative estimate of drug-likeness (QED) is 0.509. The monoisotopic (exact) mass is 245 g/mol. The summed E-state index contributed by atoms with van der Waals surface area (Å²) in [4.78, 5) is 0. The Balaban J connectivity index is 1.86. The van der Waals surface area contributed by atoms with Crippen LogP contribution < -0.4 is 5.32 Å². The molecule has 3 heteroatoms. The first-order valence-electron chi connectivity index (χ1n) is 6.83. The lowest BCUT2D eigenvalue weighted by atomic mass is 10.0. The van der Waals surface area contributed by atoms with Crippen LogP contribution in [-0.2, 0) is 0 Å². The number of hydrogen-bond acceptors (Lipinski definition) is 3. The summed E-state index contributed by atoms with van der Waals surface area (Å²) in [5.41, 5.74) is 0. The molecule has 2 N–H and O–H groups in total. The third-order valence-electron chi connectivity index (χ3n) is 3.28. The van der Waals surface area contributed by atoms with Crippen molar-refractivity contribution in [1.82, 2.24) is 5.32 Å². The van der Waals surface area contributed by atoms with E-state index in [1.54, 1.807) is 0 Å². The molecule has 0 amide bonds. The third-order valence-corrected chi connectivity index (χ3v) is 4.35. The van der Waals surface area contributed by atoms with Crippen LogP contribution in [0.25, 0.3) is 0 Å². The SMILES string of the molecule is OCCCSCCNCC1CCCCCC1. The van der Waals surface area contributed by atoms with E-state index in [0.717, 1.165) is 24.6 Å². The highest BCUT2D eigenvalue weighted by atomic mass is 32.2. The molecular formula is C13H27NOS. The van der Waals surface area contributed by atoms with Crippen molar-refractivity contribution in [2.75, 3.05) is 31.2 Å². The first kappa shape index (κ1) is 14.3. The summed E-state index contributed by atoms with van der Waals surface area (Å²) in [6, 6.07) is 0. The highest BCUT2D eigenvalue weighted by Gasteiger charge is 2.10. The average Bonchev–Trinajstić information content (AvgIpc) is 2.56. The van der Waals surface area contributed by atoms with E-state index in [1.165, 1.54) is 50.8 Å². The normalized spacial score (nSPS) is 18.6. The van der Waals surface area contributed by atoms with E-state index in [9.17, 15) is 0 Å². The van der Waals surface area contributed by atoms with Gasteiger partial charge < -0.3 is 10.4 Å². The first-order valence-corrected chi connectivity index (χ1v) is 7.98. The molecular weight excluding hydrogens is 218 g/mol. The van der Waals surface area contributed by atoms with Gasteiger partial charge in [0.25, 0.3) is 0 Å². The topological polar surface area (TPSA) is 32.3 Å². The maximum absolute atomic E-state index is 8.64. The van der Waals surface area contributed by atoms with Crippen LogP contribution in [0.2, 0.25) is 0 Å². The fourth-order valence-electron chi connectivity index (χ4n) is 2.29. The highest BCUT2D eigenvalue weighted by Crippen LogP contribution is 2.21. The predicted octanol–water partition coefficient (Wildman–Crippen LogP) is 2.66. The van der Waals surface area contributed by atoms with Gasteiger partial charge in [-0.25, -0.2) is 0 Å². The molecule has 96 valence electrons. The van der Waals surface area contributed by atoms with Crippen LogP contribution in [0, 0.1) is 5.92 Å². The first-order chi connectivity index (χ1) is 7.93. The standard InChI is InChI=1S/C13H27NOS/c15-9-5-10-16-11-8-14-12-13-6-3-1-2-4-7-13/h13-15H,1-12H2. The van der Waals surface area contributed by atoms with Crippen molar-refractivity contribution in [2.24, 2.45) is 5.92 Å². The Hall–Kier alpha value is 0.270. The maximum Gasteiger partial charge on any atom is 0.0438 e. The average molecular weight is 245 g/mol. The van der Waals surface area contributed by atoms with Gasteiger partial charge in [-0.05, 0) is 37.5 Å². The van der Waals surface area contributed by atoms with E-state index < -0.39 is 0 Å². The maximum atomic E-state index is 8.64. The third kappa shape index (κ3) is 7.53. The van der Waals surface area contributed by atoms with Gasteiger partial charge in [-0.2, -0.15) is 11.8 Å². The van der Waals surface area contributed by atoms with Crippen LogP contribution in [0.1, 0.15) is 44.9 Å². The van der Waals surface area contributed by atoms with Crippen molar-refractivity contribution < 1.29 is 5.11 Å². The van der Waals surface area contributed by atoms with Gasteiger partial charge in [-0.1, -0.05) is 25.7 Å². The number of aliphatic hydroxyl groups excluding tert-OH is 1. The summed E-state index contributed by atoms with van der Waals surface area (Å²) < 4.78 is 0. The zero-order valence-corrected chi connectivity index (χ0v) is 11.2. The van der Waals surface area contributed by atoms with Crippen LogP contribution >= 0.6 is 11.8 Å². The van der Waals surface area contributed by atoms with Gasteiger partial charge in [0.15, 0.2) is 0 Å². The lowest BCUT2D eigenvalue weighted by Gasteiger charge is -2.14. The molecule has 0 saturated heterocycles. The molecule has 16 heavy (non-hydrogen) atoms. The summed E-state index contributed by atoms with van der Waals surface area (Å²) >= 11 is 1.95. The van der Waals surface area contributed by atoms with E-state index in [-0.39, 0.29) is 0 Å². The molecule has 2 nitrogen and oxygen atoms in total. The van der Waals surface area contributed by atoms with Crippen molar-refractivity contribution in [3.05, 3.63) is 0 Å². The van der Waals surface area contributed by atoms with Crippen molar-refractivity contribution in [3.63, 3.8) is 0 Å². The fourth-order valence-corrected chi connectivity index (χ4v) is 3.11. The fraction of sp³-hybridized carbons (Fsp3) is 1.00. The molecule has 0 radical (unpaired) electrons. The number of nitrogens with one attached hydrogen (secondary N) is 1. The van der Waals surface area contributed by atoms with Crippen molar-refractivity contribution in [3.8, 4) is 0 Å². The van der Waals surface area contributed by atoms with Crippen LogP contribution in [0.3, 0.4) is 0 Å². The van der Waals surface area contributed by atoms with Gasteiger partial charge in [-0.3, -0.25) is 0 Å². The minimum atomic E-state index is 0.336. The number of rotatable bonds is 8. The Morgan fingerprint density at radius 2 is 1.81 bits per heavy atom. The van der Waals surface area contributed by atoms with Crippen molar-refractivity contribution >= 4 is 11.8 Å². The summed E-state index contributed by atoms with van der Waals surface area (Å²) in [7, 11) is 0. The van der Waals surface area contributed by atoms with Gasteiger partial charge >= 0.3 is 0 Å². The molecule has 1 rings (SSSR count). The summed E-state index contributed by atoms with van der Waals surface area (Å²) in [6.45, 7) is 2.69. The Morgan fingerprint density at radius 1 is 1.06 bits per heavy atom. The van der Waals surface area contributed by atoms with E-state index >= 15 is 0 Å². The summed E-state index contributed by atoms with van der Waals surface area (Å²) in [5, 5.41) is 12.2. The molecule has 0 aliphatic heterocycles. The molecule has 1 saturated carbocycles. The number of aliphatic hydroxyl groups is 1. The molecule has 0 aromatic heterocycles. The zero-order valence-electron chi connectivity index (χ0n) is 10.4. The van der Waals surface area contributed by atoms with Gasteiger partial charge in [0.1, 0.15) is 0 Å². The van der Waals surface area contributed by atoms with Gasteiger partial charge in [-0.15, -0.1) is 0 Å². The molecule has 0 aromatic rings. The van der Waals surface area contributed by atoms with Crippen LogP contribution in [-0.4, -0.2) is 36.3 Å². The molecule has 1 aliphatic rings. The molecule has 0 spiro atoms. The minimum Gasteiger partial charge on any atom is -0.396 e. The van der Waals surface area contributed by atoms with Crippen molar-refractivity contribution in [1.29, 1.82) is 0 Å². The minimum absolute atomic E-state index is 0.336. The van der Waals surface area contributed by atoms with Gasteiger partial charge in [0, 0.05) is 18.9 Å². The molecule has 0 atom stereocenters. The van der Waals surface area contributed by atoms with Crippen molar-refractivity contribution in [2.45, 2.75) is 44.9 Å². The lowest BCUT2D eigenvalue weighted by Crippen LogP contribution is -2.24. The van der Waals surface area contributed by atoms with Gasteiger partial charge in [0.2, 0.25) is 0 Å². The predicted molar refractivity (Wildman–Crippen MR) is 73.1 cm³/mol. The Bertz CT molecular complexity index is 147. The van der Waals surface area contributed by atoms with Crippen LogP contribution in [0.5, 0.6) is 0 Å². The largest absolute Gasteiger partial charge is 0.396 e. The highest BCUT2D eigenvalue weighted by molar-refractivity contribution is 7.99. The second kappa shape index (κ2) is 10.4. The number of thioether (sulfide) groups is 1. The summed E-state index contributed by atoms with van der Waals surface area (Å²) in [5.74, 6) is 3.22. The molecule has 0 aromatic carbocycles. The Kier molecular flexibility index (Phi) is 9.34. The molecule has 1 fully saturated rings. The zero-order chi connectivity index (χ0) is 11.5. The Labute approximate surface area is 105 Å².